The lowest BCUT2D eigenvalue weighted by Gasteiger charge is -2.26. The molecule has 1 unspecified atom stereocenters. The predicted molar refractivity (Wildman–Crippen MR) is 106 cm³/mol. The Bertz CT molecular complexity index is 896. The Morgan fingerprint density at radius 2 is 1.67 bits per heavy atom. The average molecular weight is 392 g/mol. The van der Waals surface area contributed by atoms with Gasteiger partial charge in [-0.15, -0.1) is 0 Å². The number of carbonyl (C=O) groups is 1. The molecule has 0 bridgehead atoms. The lowest BCUT2D eigenvalue weighted by atomic mass is 10.0. The third kappa shape index (κ3) is 5.53. The van der Waals surface area contributed by atoms with Crippen LogP contribution in [0.4, 0.5) is 10.1 Å². The lowest BCUT2D eigenvalue weighted by molar-refractivity contribution is -0.120. The zero-order chi connectivity index (χ0) is 20.2. The number of rotatable bonds is 7. The second kappa shape index (κ2) is 8.52. The minimum absolute atomic E-state index is 0.103. The van der Waals surface area contributed by atoms with Gasteiger partial charge < -0.3 is 5.32 Å². The van der Waals surface area contributed by atoms with Gasteiger partial charge in [0.15, 0.2) is 0 Å². The molecular formula is C20H25FN2O3S. The average Bonchev–Trinajstić information content (AvgIpc) is 2.59. The number of nitrogens with one attached hydrogen (secondary N) is 1. The molecule has 0 aliphatic rings. The zero-order valence-electron chi connectivity index (χ0n) is 15.9. The van der Waals surface area contributed by atoms with E-state index < -0.39 is 15.9 Å². The molecule has 0 aromatic heterocycles. The Labute approximate surface area is 160 Å². The lowest BCUT2D eigenvalue weighted by Crippen LogP contribution is -2.41. The molecule has 0 saturated heterocycles. The smallest absolute Gasteiger partial charge is 0.241 e. The van der Waals surface area contributed by atoms with E-state index in [4.69, 9.17) is 0 Å². The van der Waals surface area contributed by atoms with Gasteiger partial charge in [0.05, 0.1) is 18.0 Å². The van der Waals surface area contributed by atoms with Gasteiger partial charge in [0.1, 0.15) is 12.4 Å². The highest BCUT2D eigenvalue weighted by Crippen LogP contribution is 2.28. The molecule has 0 saturated carbocycles. The van der Waals surface area contributed by atoms with E-state index in [9.17, 15) is 17.6 Å². The van der Waals surface area contributed by atoms with Gasteiger partial charge >= 0.3 is 0 Å². The number of halogens is 1. The van der Waals surface area contributed by atoms with Crippen molar-refractivity contribution in [3.63, 3.8) is 0 Å². The van der Waals surface area contributed by atoms with Crippen LogP contribution in [0.1, 0.15) is 43.9 Å². The molecule has 2 aromatic carbocycles. The van der Waals surface area contributed by atoms with Crippen molar-refractivity contribution >= 4 is 21.6 Å². The Morgan fingerprint density at radius 1 is 1.07 bits per heavy atom. The molecule has 2 aromatic rings. The fourth-order valence-electron chi connectivity index (χ4n) is 2.84. The molecule has 7 heteroatoms. The van der Waals surface area contributed by atoms with Gasteiger partial charge in [-0.05, 0) is 42.2 Å². The summed E-state index contributed by atoms with van der Waals surface area (Å²) in [5.74, 6) is -0.687. The van der Waals surface area contributed by atoms with Gasteiger partial charge in [-0.2, -0.15) is 0 Å². The number of amides is 1. The van der Waals surface area contributed by atoms with Crippen molar-refractivity contribution in [2.45, 2.75) is 32.7 Å². The summed E-state index contributed by atoms with van der Waals surface area (Å²) >= 11 is 0. The van der Waals surface area contributed by atoms with Gasteiger partial charge in [0.2, 0.25) is 15.9 Å². The normalized spacial score (nSPS) is 12.7. The van der Waals surface area contributed by atoms with Crippen molar-refractivity contribution in [2.75, 3.05) is 17.1 Å². The summed E-state index contributed by atoms with van der Waals surface area (Å²) in [4.78, 5) is 12.5. The number of sulfonamides is 1. The predicted octanol–water partition coefficient (Wildman–Crippen LogP) is 3.59. The standard InChI is InChI=1S/C20H25FN2O3S/c1-14(2)18-7-5-6-8-19(18)23(27(4,25)26)13-20(24)22-15(3)16-9-11-17(21)12-10-16/h5-12,14-15H,13H2,1-4H3,(H,22,24). The molecule has 0 aliphatic heterocycles. The number of nitrogens with zero attached hydrogens (tertiary/aromatic N) is 1. The summed E-state index contributed by atoms with van der Waals surface area (Å²) in [5, 5.41) is 2.77. The number of para-hydroxylation sites is 1. The molecule has 146 valence electrons. The number of hydrogen-bond donors (Lipinski definition) is 1. The van der Waals surface area contributed by atoms with Crippen molar-refractivity contribution in [2.24, 2.45) is 0 Å². The fraction of sp³-hybridized carbons (Fsp3) is 0.350. The van der Waals surface area contributed by atoms with E-state index in [-0.39, 0.29) is 24.3 Å². The molecule has 1 atom stereocenters. The highest BCUT2D eigenvalue weighted by Gasteiger charge is 2.24. The molecule has 1 N–H and O–H groups in total. The van der Waals surface area contributed by atoms with Crippen molar-refractivity contribution in [1.29, 1.82) is 0 Å². The van der Waals surface area contributed by atoms with Crippen LogP contribution in [-0.4, -0.2) is 27.1 Å². The Balaban J connectivity index is 2.22. The maximum absolute atomic E-state index is 13.0. The second-order valence-electron chi connectivity index (χ2n) is 6.82. The van der Waals surface area contributed by atoms with E-state index >= 15 is 0 Å². The van der Waals surface area contributed by atoms with Crippen LogP contribution in [0.15, 0.2) is 48.5 Å². The van der Waals surface area contributed by atoms with E-state index in [1.54, 1.807) is 31.2 Å². The molecule has 2 rings (SSSR count). The summed E-state index contributed by atoms with van der Waals surface area (Å²) in [5.41, 5.74) is 2.08. The first-order chi connectivity index (χ1) is 12.6. The molecule has 0 heterocycles. The molecule has 1 amide bonds. The number of benzene rings is 2. The summed E-state index contributed by atoms with van der Waals surface area (Å²) in [7, 11) is -3.65. The number of hydrogen-bond acceptors (Lipinski definition) is 3. The van der Waals surface area contributed by atoms with Gasteiger partial charge in [0, 0.05) is 0 Å². The minimum Gasteiger partial charge on any atom is -0.348 e. The maximum Gasteiger partial charge on any atom is 0.241 e. The molecule has 0 spiro atoms. The number of carbonyl (C=O) groups excluding carboxylic acids is 1. The van der Waals surface area contributed by atoms with E-state index in [1.807, 2.05) is 26.0 Å². The Hall–Kier alpha value is -2.41. The summed E-state index contributed by atoms with van der Waals surface area (Å²) in [6.07, 6.45) is 1.08. The maximum atomic E-state index is 13.0. The van der Waals surface area contributed by atoms with Crippen LogP contribution < -0.4 is 9.62 Å². The molecule has 0 radical (unpaired) electrons. The summed E-state index contributed by atoms with van der Waals surface area (Å²) in [6, 6.07) is 12.6. The minimum atomic E-state index is -3.65. The SMILES string of the molecule is CC(C)c1ccccc1N(CC(=O)NC(C)c1ccc(F)cc1)S(C)(=O)=O. The van der Waals surface area contributed by atoms with Crippen LogP contribution in [0.2, 0.25) is 0 Å². The van der Waals surface area contributed by atoms with Crippen LogP contribution in [0.5, 0.6) is 0 Å². The van der Waals surface area contributed by atoms with Crippen molar-refractivity contribution in [3.05, 3.63) is 65.5 Å². The summed E-state index contributed by atoms with van der Waals surface area (Å²) in [6.45, 7) is 5.37. The zero-order valence-corrected chi connectivity index (χ0v) is 16.8. The Kier molecular flexibility index (Phi) is 6.59. The monoisotopic (exact) mass is 392 g/mol. The van der Waals surface area contributed by atoms with Gasteiger partial charge in [-0.25, -0.2) is 12.8 Å². The molecule has 27 heavy (non-hydrogen) atoms. The molecule has 5 nitrogen and oxygen atoms in total. The van der Waals surface area contributed by atoms with Crippen LogP contribution in [-0.2, 0) is 14.8 Å². The highest BCUT2D eigenvalue weighted by molar-refractivity contribution is 7.92. The quantitative estimate of drug-likeness (QED) is 0.783. The van der Waals surface area contributed by atoms with Crippen LogP contribution in [0.3, 0.4) is 0 Å². The van der Waals surface area contributed by atoms with Gasteiger partial charge in [-0.1, -0.05) is 44.2 Å². The number of anilines is 1. The van der Waals surface area contributed by atoms with Crippen LogP contribution >= 0.6 is 0 Å². The third-order valence-corrected chi connectivity index (χ3v) is 5.39. The third-order valence-electron chi connectivity index (χ3n) is 4.26. The molecule has 0 fully saturated rings. The van der Waals surface area contributed by atoms with Crippen LogP contribution in [0, 0.1) is 5.82 Å². The van der Waals surface area contributed by atoms with Gasteiger partial charge in [0.25, 0.3) is 0 Å². The van der Waals surface area contributed by atoms with E-state index in [1.165, 1.54) is 12.1 Å². The van der Waals surface area contributed by atoms with Crippen LogP contribution in [0.25, 0.3) is 0 Å². The fourth-order valence-corrected chi connectivity index (χ4v) is 3.71. The van der Waals surface area contributed by atoms with Crippen molar-refractivity contribution < 1.29 is 17.6 Å². The Morgan fingerprint density at radius 3 is 2.22 bits per heavy atom. The van der Waals surface area contributed by atoms with E-state index in [0.717, 1.165) is 21.7 Å². The topological polar surface area (TPSA) is 66.5 Å². The van der Waals surface area contributed by atoms with Gasteiger partial charge in [-0.3, -0.25) is 9.10 Å². The largest absolute Gasteiger partial charge is 0.348 e. The molecule has 0 aliphatic carbocycles. The molecular weight excluding hydrogens is 367 g/mol. The summed E-state index contributed by atoms with van der Waals surface area (Å²) < 4.78 is 38.8. The highest BCUT2D eigenvalue weighted by atomic mass is 32.2. The second-order valence-corrected chi connectivity index (χ2v) is 8.73. The van der Waals surface area contributed by atoms with Crippen molar-refractivity contribution in [3.8, 4) is 0 Å². The first-order valence-electron chi connectivity index (χ1n) is 8.71. The first kappa shape index (κ1) is 20.9. The van der Waals surface area contributed by atoms with Crippen molar-refractivity contribution in [1.82, 2.24) is 5.32 Å². The van der Waals surface area contributed by atoms with E-state index in [2.05, 4.69) is 5.32 Å². The first-order valence-corrected chi connectivity index (χ1v) is 10.6. The van der Waals surface area contributed by atoms with E-state index in [0.29, 0.717) is 5.69 Å².